The van der Waals surface area contributed by atoms with Gasteiger partial charge in [0.2, 0.25) is 0 Å². The summed E-state index contributed by atoms with van der Waals surface area (Å²) in [7, 11) is 0. The lowest BCUT2D eigenvalue weighted by Gasteiger charge is -2.10. The van der Waals surface area contributed by atoms with Crippen LogP contribution in [0.4, 0.5) is 4.39 Å². The van der Waals surface area contributed by atoms with Crippen LogP contribution >= 0.6 is 0 Å². The summed E-state index contributed by atoms with van der Waals surface area (Å²) < 4.78 is 13.2. The van der Waals surface area contributed by atoms with Gasteiger partial charge in [0.25, 0.3) is 0 Å². The highest BCUT2D eigenvalue weighted by atomic mass is 19.1. The van der Waals surface area contributed by atoms with Crippen LogP contribution in [0.1, 0.15) is 11.6 Å². The Bertz CT molecular complexity index is 450. The first kappa shape index (κ1) is 9.18. The molecule has 0 aliphatic carbocycles. The third kappa shape index (κ3) is 1.38. The van der Waals surface area contributed by atoms with Gasteiger partial charge in [0, 0.05) is 24.2 Å². The third-order valence-electron chi connectivity index (χ3n) is 2.31. The Kier molecular flexibility index (Phi) is 2.23. The van der Waals surface area contributed by atoms with Crippen molar-refractivity contribution in [2.24, 2.45) is 11.5 Å². The summed E-state index contributed by atoms with van der Waals surface area (Å²) in [6.07, 6.45) is 1.76. The topological polar surface area (TPSA) is 67.8 Å². The number of nitrogens with one attached hydrogen (secondary N) is 1. The van der Waals surface area contributed by atoms with E-state index in [0.717, 1.165) is 16.5 Å². The number of rotatable bonds is 2. The molecule has 0 aliphatic heterocycles. The molecule has 1 atom stereocenters. The van der Waals surface area contributed by atoms with Gasteiger partial charge in [-0.15, -0.1) is 0 Å². The van der Waals surface area contributed by atoms with Crippen molar-refractivity contribution >= 4 is 10.9 Å². The van der Waals surface area contributed by atoms with Gasteiger partial charge in [0.1, 0.15) is 5.82 Å². The standard InChI is InChI=1S/C10H12FN3/c11-7-3-6-1-2-14-10(6)8(4-7)9(13)5-12/h1-4,9,14H,5,12-13H2. The van der Waals surface area contributed by atoms with Crippen molar-refractivity contribution in [2.45, 2.75) is 6.04 Å². The van der Waals surface area contributed by atoms with Crippen LogP contribution in [0.25, 0.3) is 10.9 Å². The smallest absolute Gasteiger partial charge is 0.124 e. The highest BCUT2D eigenvalue weighted by molar-refractivity contribution is 5.83. The second-order valence-corrected chi connectivity index (χ2v) is 3.28. The molecule has 0 spiro atoms. The van der Waals surface area contributed by atoms with Gasteiger partial charge in [-0.2, -0.15) is 0 Å². The molecule has 3 nitrogen and oxygen atoms in total. The number of benzene rings is 1. The van der Waals surface area contributed by atoms with Crippen molar-refractivity contribution in [3.05, 3.63) is 35.8 Å². The van der Waals surface area contributed by atoms with Crippen LogP contribution in [0.5, 0.6) is 0 Å². The number of H-pyrrole nitrogens is 1. The van der Waals surface area contributed by atoms with Gasteiger partial charge in [0.05, 0.1) is 5.52 Å². The van der Waals surface area contributed by atoms with Crippen LogP contribution < -0.4 is 11.5 Å². The van der Waals surface area contributed by atoms with Crippen LogP contribution in [-0.2, 0) is 0 Å². The van der Waals surface area contributed by atoms with Crippen molar-refractivity contribution in [1.82, 2.24) is 4.98 Å². The molecule has 2 aromatic rings. The summed E-state index contributed by atoms with van der Waals surface area (Å²) in [5.41, 5.74) is 12.8. The van der Waals surface area contributed by atoms with E-state index >= 15 is 0 Å². The second-order valence-electron chi connectivity index (χ2n) is 3.28. The zero-order valence-corrected chi connectivity index (χ0v) is 7.63. The SMILES string of the molecule is NCC(N)c1cc(F)cc2cc[nH]c12. The molecule has 0 fully saturated rings. The maximum absolute atomic E-state index is 13.2. The lowest BCUT2D eigenvalue weighted by molar-refractivity contribution is 0.622. The van der Waals surface area contributed by atoms with Gasteiger partial charge < -0.3 is 16.5 Å². The average molecular weight is 193 g/mol. The number of hydrogen-bond acceptors (Lipinski definition) is 2. The maximum atomic E-state index is 13.2. The van der Waals surface area contributed by atoms with Gasteiger partial charge in [0.15, 0.2) is 0 Å². The summed E-state index contributed by atoms with van der Waals surface area (Å²) in [5, 5.41) is 0.823. The zero-order valence-electron chi connectivity index (χ0n) is 7.63. The van der Waals surface area contributed by atoms with Crippen LogP contribution in [0.2, 0.25) is 0 Å². The molecule has 0 radical (unpaired) electrons. The molecule has 5 N–H and O–H groups in total. The quantitative estimate of drug-likeness (QED) is 0.672. The molecular formula is C10H12FN3. The monoisotopic (exact) mass is 193 g/mol. The normalized spacial score (nSPS) is 13.4. The van der Waals surface area contributed by atoms with E-state index in [0.29, 0.717) is 6.54 Å². The molecule has 1 aromatic heterocycles. The Labute approximate surface area is 80.9 Å². The zero-order chi connectivity index (χ0) is 10.1. The van der Waals surface area contributed by atoms with Crippen LogP contribution in [0.15, 0.2) is 24.4 Å². The van der Waals surface area contributed by atoms with Gasteiger partial charge in [-0.05, 0) is 23.8 Å². The van der Waals surface area contributed by atoms with E-state index in [1.54, 1.807) is 6.20 Å². The summed E-state index contributed by atoms with van der Waals surface area (Å²) in [6, 6.07) is 4.38. The highest BCUT2D eigenvalue weighted by Crippen LogP contribution is 2.22. The van der Waals surface area contributed by atoms with Crippen molar-refractivity contribution in [3.8, 4) is 0 Å². The first-order valence-electron chi connectivity index (χ1n) is 4.44. The molecule has 4 heteroatoms. The highest BCUT2D eigenvalue weighted by Gasteiger charge is 2.10. The average Bonchev–Trinajstić information content (AvgIpc) is 2.62. The van der Waals surface area contributed by atoms with E-state index in [1.807, 2.05) is 6.07 Å². The Morgan fingerprint density at radius 2 is 2.21 bits per heavy atom. The molecule has 1 heterocycles. The van der Waals surface area contributed by atoms with Gasteiger partial charge in [-0.25, -0.2) is 4.39 Å². The first-order valence-corrected chi connectivity index (χ1v) is 4.44. The minimum atomic E-state index is -0.327. The fourth-order valence-corrected chi connectivity index (χ4v) is 1.58. The molecule has 14 heavy (non-hydrogen) atoms. The fraction of sp³-hybridized carbons (Fsp3) is 0.200. The number of hydrogen-bond donors (Lipinski definition) is 3. The molecule has 74 valence electrons. The van der Waals surface area contributed by atoms with E-state index in [9.17, 15) is 4.39 Å². The summed E-state index contributed by atoms with van der Waals surface area (Å²) in [6.45, 7) is 0.303. The lowest BCUT2D eigenvalue weighted by Crippen LogP contribution is -2.21. The summed E-state index contributed by atoms with van der Waals surface area (Å²) >= 11 is 0. The number of nitrogens with two attached hydrogens (primary N) is 2. The predicted molar refractivity (Wildman–Crippen MR) is 54.2 cm³/mol. The van der Waals surface area contributed by atoms with Gasteiger partial charge in [-0.1, -0.05) is 0 Å². The van der Waals surface area contributed by atoms with E-state index in [-0.39, 0.29) is 11.9 Å². The molecule has 0 saturated heterocycles. The van der Waals surface area contributed by atoms with Crippen molar-refractivity contribution in [1.29, 1.82) is 0 Å². The van der Waals surface area contributed by atoms with Crippen molar-refractivity contribution < 1.29 is 4.39 Å². The van der Waals surface area contributed by atoms with Crippen LogP contribution in [-0.4, -0.2) is 11.5 Å². The van der Waals surface area contributed by atoms with Crippen LogP contribution in [0.3, 0.4) is 0 Å². The minimum absolute atomic E-state index is 0.281. The Morgan fingerprint density at radius 3 is 2.93 bits per heavy atom. The Morgan fingerprint density at radius 1 is 1.43 bits per heavy atom. The third-order valence-corrected chi connectivity index (χ3v) is 2.31. The number of aromatic nitrogens is 1. The second kappa shape index (κ2) is 3.40. The fourth-order valence-electron chi connectivity index (χ4n) is 1.58. The lowest BCUT2D eigenvalue weighted by atomic mass is 10.0. The molecule has 1 unspecified atom stereocenters. The van der Waals surface area contributed by atoms with E-state index in [2.05, 4.69) is 4.98 Å². The van der Waals surface area contributed by atoms with E-state index in [4.69, 9.17) is 11.5 Å². The summed E-state index contributed by atoms with van der Waals surface area (Å²) in [4.78, 5) is 3.03. The molecule has 0 amide bonds. The van der Waals surface area contributed by atoms with Crippen molar-refractivity contribution in [3.63, 3.8) is 0 Å². The minimum Gasteiger partial charge on any atom is -0.361 e. The van der Waals surface area contributed by atoms with E-state index < -0.39 is 0 Å². The molecular weight excluding hydrogens is 181 g/mol. The number of fused-ring (bicyclic) bond motifs is 1. The first-order chi connectivity index (χ1) is 6.72. The summed E-state index contributed by atoms with van der Waals surface area (Å²) in [5.74, 6) is -0.281. The van der Waals surface area contributed by atoms with Crippen molar-refractivity contribution in [2.75, 3.05) is 6.54 Å². The number of halogens is 1. The maximum Gasteiger partial charge on any atom is 0.124 e. The molecule has 0 aliphatic rings. The van der Waals surface area contributed by atoms with Gasteiger partial charge in [-0.3, -0.25) is 0 Å². The Balaban J connectivity index is 2.66. The molecule has 0 saturated carbocycles. The van der Waals surface area contributed by atoms with E-state index in [1.165, 1.54) is 12.1 Å². The largest absolute Gasteiger partial charge is 0.361 e. The van der Waals surface area contributed by atoms with Gasteiger partial charge >= 0.3 is 0 Å². The number of aromatic amines is 1. The Hall–Kier alpha value is -1.39. The molecule has 2 rings (SSSR count). The van der Waals surface area contributed by atoms with Crippen LogP contribution in [0, 0.1) is 5.82 Å². The molecule has 0 bridgehead atoms. The molecule has 1 aromatic carbocycles. The predicted octanol–water partition coefficient (Wildman–Crippen LogP) is 1.27.